The number of hydrogen-bond acceptors (Lipinski definition) is 0. The van der Waals surface area contributed by atoms with Crippen LogP contribution in [0.2, 0.25) is 0 Å². The lowest BCUT2D eigenvalue weighted by atomic mass is 9.95. The van der Waals surface area contributed by atoms with Crippen LogP contribution in [0.5, 0.6) is 0 Å². The monoisotopic (exact) mass is 176 g/mol. The molecule has 0 heterocycles. The second-order valence-corrected chi connectivity index (χ2v) is 3.52. The maximum absolute atomic E-state index is 2.35. The third-order valence-electron chi connectivity index (χ3n) is 1.66. The minimum atomic E-state index is 0. The molecule has 0 fully saturated rings. The zero-order chi connectivity index (χ0) is 7.28. The molecule has 0 aromatic rings. The van der Waals surface area contributed by atoms with E-state index < -0.39 is 0 Å². The van der Waals surface area contributed by atoms with Gasteiger partial charge in [-0.2, -0.15) is 0 Å². The summed E-state index contributed by atoms with van der Waals surface area (Å²) in [4.78, 5) is 0. The summed E-state index contributed by atoms with van der Waals surface area (Å²) in [5, 5.41) is 0. The SMILES string of the molecule is C.C.C.CCCC(C)CC(C)C. The summed E-state index contributed by atoms with van der Waals surface area (Å²) in [6.07, 6.45) is 4.14. The molecule has 0 N–H and O–H groups in total. The van der Waals surface area contributed by atoms with E-state index in [0.29, 0.717) is 0 Å². The fraction of sp³-hybridized carbons (Fsp3) is 1.00. The van der Waals surface area contributed by atoms with Gasteiger partial charge in [0.2, 0.25) is 0 Å². The molecule has 0 nitrogen and oxygen atoms in total. The van der Waals surface area contributed by atoms with Crippen LogP contribution in [-0.2, 0) is 0 Å². The van der Waals surface area contributed by atoms with Crippen LogP contribution in [0, 0.1) is 11.8 Å². The molecule has 0 aromatic carbocycles. The molecule has 0 aromatic heterocycles. The van der Waals surface area contributed by atoms with Crippen molar-refractivity contribution in [2.75, 3.05) is 0 Å². The van der Waals surface area contributed by atoms with Crippen molar-refractivity contribution in [1.82, 2.24) is 0 Å². The summed E-state index contributed by atoms with van der Waals surface area (Å²) in [5.74, 6) is 1.82. The van der Waals surface area contributed by atoms with Gasteiger partial charge >= 0.3 is 0 Å². The van der Waals surface area contributed by atoms with Gasteiger partial charge in [-0.3, -0.25) is 0 Å². The Bertz CT molecular complexity index is 55.1. The van der Waals surface area contributed by atoms with Gasteiger partial charge in [0.25, 0.3) is 0 Å². The van der Waals surface area contributed by atoms with E-state index in [9.17, 15) is 0 Å². The van der Waals surface area contributed by atoms with Crippen LogP contribution in [0.4, 0.5) is 0 Å². The first-order chi connectivity index (χ1) is 4.16. The Morgan fingerprint density at radius 3 is 1.58 bits per heavy atom. The van der Waals surface area contributed by atoms with E-state index in [-0.39, 0.29) is 22.3 Å². The summed E-state index contributed by atoms with van der Waals surface area (Å²) in [7, 11) is 0. The van der Waals surface area contributed by atoms with E-state index in [4.69, 9.17) is 0 Å². The van der Waals surface area contributed by atoms with Crippen LogP contribution in [0.3, 0.4) is 0 Å². The smallest absolute Gasteiger partial charge is 0.0440 e. The van der Waals surface area contributed by atoms with Crippen molar-refractivity contribution in [2.45, 2.75) is 69.2 Å². The van der Waals surface area contributed by atoms with Crippen molar-refractivity contribution < 1.29 is 0 Å². The highest BCUT2D eigenvalue weighted by Gasteiger charge is 2.02. The molecule has 1 atom stereocenters. The summed E-state index contributed by atoms with van der Waals surface area (Å²) >= 11 is 0. The Labute approximate surface area is 81.8 Å². The van der Waals surface area contributed by atoms with E-state index in [2.05, 4.69) is 27.7 Å². The molecule has 0 saturated heterocycles. The van der Waals surface area contributed by atoms with Crippen LogP contribution in [0.25, 0.3) is 0 Å². The lowest BCUT2D eigenvalue weighted by molar-refractivity contribution is 0.412. The van der Waals surface area contributed by atoms with Gasteiger partial charge in [0, 0.05) is 0 Å². The zero-order valence-electron chi connectivity index (χ0n) is 7.28. The molecule has 0 aliphatic heterocycles. The van der Waals surface area contributed by atoms with E-state index in [1.54, 1.807) is 0 Å². The van der Waals surface area contributed by atoms with Gasteiger partial charge in [-0.05, 0) is 18.3 Å². The standard InChI is InChI=1S/C9H20.3CH4/c1-5-6-9(4)7-8(2)3;;;/h8-9H,5-7H2,1-4H3;3*1H4. The van der Waals surface area contributed by atoms with Crippen molar-refractivity contribution in [1.29, 1.82) is 0 Å². The molecule has 0 heteroatoms. The molecule has 1 unspecified atom stereocenters. The molecule has 0 amide bonds. The Hall–Kier alpha value is 0. The van der Waals surface area contributed by atoms with Crippen molar-refractivity contribution in [3.63, 3.8) is 0 Å². The molecular weight excluding hydrogens is 144 g/mol. The summed E-state index contributed by atoms with van der Waals surface area (Å²) in [5.41, 5.74) is 0. The maximum atomic E-state index is 2.35. The molecule has 80 valence electrons. The summed E-state index contributed by atoms with van der Waals surface area (Å²) < 4.78 is 0. The van der Waals surface area contributed by atoms with Crippen LogP contribution >= 0.6 is 0 Å². The Kier molecular flexibility index (Phi) is 25.7. The highest BCUT2D eigenvalue weighted by atomic mass is 14.1. The first-order valence-electron chi connectivity index (χ1n) is 4.16. The minimum absolute atomic E-state index is 0. The molecular formula is C12H32. The average molecular weight is 176 g/mol. The van der Waals surface area contributed by atoms with Crippen molar-refractivity contribution in [2.24, 2.45) is 11.8 Å². The zero-order valence-corrected chi connectivity index (χ0v) is 7.28. The Morgan fingerprint density at radius 2 is 1.33 bits per heavy atom. The van der Waals surface area contributed by atoms with Crippen LogP contribution in [0.1, 0.15) is 69.2 Å². The van der Waals surface area contributed by atoms with Crippen LogP contribution in [-0.4, -0.2) is 0 Å². The van der Waals surface area contributed by atoms with Gasteiger partial charge in [-0.15, -0.1) is 0 Å². The van der Waals surface area contributed by atoms with Crippen molar-refractivity contribution in [3.8, 4) is 0 Å². The predicted molar refractivity (Wildman–Crippen MR) is 63.7 cm³/mol. The average Bonchev–Trinajstić information content (AvgIpc) is 1.63. The lowest BCUT2D eigenvalue weighted by Crippen LogP contribution is -1.98. The topological polar surface area (TPSA) is 0 Å². The van der Waals surface area contributed by atoms with Gasteiger partial charge in [0.1, 0.15) is 0 Å². The molecule has 12 heavy (non-hydrogen) atoms. The summed E-state index contributed by atoms with van der Waals surface area (Å²) in [6.45, 7) is 9.21. The first kappa shape index (κ1) is 22.7. The van der Waals surface area contributed by atoms with Gasteiger partial charge in [0.15, 0.2) is 0 Å². The second kappa shape index (κ2) is 13.6. The Morgan fingerprint density at radius 1 is 0.917 bits per heavy atom. The van der Waals surface area contributed by atoms with E-state index in [0.717, 1.165) is 11.8 Å². The highest BCUT2D eigenvalue weighted by molar-refractivity contribution is 4.54. The predicted octanol–water partition coefficient (Wildman–Crippen LogP) is 5.38. The van der Waals surface area contributed by atoms with E-state index in [1.807, 2.05) is 0 Å². The first-order valence-corrected chi connectivity index (χ1v) is 4.16. The van der Waals surface area contributed by atoms with Gasteiger partial charge < -0.3 is 0 Å². The van der Waals surface area contributed by atoms with Crippen LogP contribution in [0.15, 0.2) is 0 Å². The number of hydrogen-bond donors (Lipinski definition) is 0. The van der Waals surface area contributed by atoms with E-state index >= 15 is 0 Å². The highest BCUT2D eigenvalue weighted by Crippen LogP contribution is 2.15. The second-order valence-electron chi connectivity index (χ2n) is 3.52. The molecule has 0 bridgehead atoms. The van der Waals surface area contributed by atoms with Crippen molar-refractivity contribution in [3.05, 3.63) is 0 Å². The van der Waals surface area contributed by atoms with Gasteiger partial charge in [-0.25, -0.2) is 0 Å². The Balaban J connectivity index is -0.000000107. The van der Waals surface area contributed by atoms with Crippen molar-refractivity contribution >= 4 is 0 Å². The minimum Gasteiger partial charge on any atom is -0.0776 e. The normalized spacial score (nSPS) is 10.8. The fourth-order valence-electron chi connectivity index (χ4n) is 1.42. The summed E-state index contributed by atoms with van der Waals surface area (Å²) in [6, 6.07) is 0. The molecule has 0 rings (SSSR count). The third-order valence-corrected chi connectivity index (χ3v) is 1.66. The molecule has 0 spiro atoms. The number of rotatable bonds is 4. The quantitative estimate of drug-likeness (QED) is 0.539. The molecule has 0 saturated carbocycles. The van der Waals surface area contributed by atoms with Crippen LogP contribution < -0.4 is 0 Å². The van der Waals surface area contributed by atoms with Gasteiger partial charge in [-0.1, -0.05) is 62.8 Å². The largest absolute Gasteiger partial charge is 0.0776 e. The van der Waals surface area contributed by atoms with E-state index in [1.165, 1.54) is 19.3 Å². The molecule has 0 aliphatic rings. The fourth-order valence-corrected chi connectivity index (χ4v) is 1.42. The molecule has 0 radical (unpaired) electrons. The van der Waals surface area contributed by atoms with Gasteiger partial charge in [0.05, 0.1) is 0 Å². The lowest BCUT2D eigenvalue weighted by Gasteiger charge is -2.11. The maximum Gasteiger partial charge on any atom is -0.0440 e. The molecule has 0 aliphatic carbocycles. The third kappa shape index (κ3) is 16.5.